The molecule has 0 bridgehead atoms. The van der Waals surface area contributed by atoms with Crippen molar-refractivity contribution in [1.82, 2.24) is 20.1 Å². The molecule has 174 valence electrons. The SMILES string of the molecule is CCn1c(SCC(=O)Nc2c(Cl)cc(Cl)cc2Cl)nnc1[C@@H](C)NC(=O)c1cccc(C)c1. The standard InChI is InChI=1S/C22H22Cl3N5O2S/c1-4-30-20(13(3)26-21(32)14-7-5-6-12(2)8-14)28-29-22(30)33-11-18(31)27-19-16(24)9-15(23)10-17(19)25/h5-10,13H,4,11H2,1-3H3,(H,26,32)(H,27,31)/t13-/m1/s1. The van der Waals surface area contributed by atoms with Gasteiger partial charge in [0.25, 0.3) is 5.91 Å². The Balaban J connectivity index is 1.65. The average Bonchev–Trinajstić information content (AvgIpc) is 3.17. The van der Waals surface area contributed by atoms with Gasteiger partial charge in [-0.3, -0.25) is 9.59 Å². The second-order valence-electron chi connectivity index (χ2n) is 7.23. The monoisotopic (exact) mass is 525 g/mol. The highest BCUT2D eigenvalue weighted by atomic mass is 35.5. The van der Waals surface area contributed by atoms with Gasteiger partial charge in [-0.05, 0) is 45.0 Å². The maximum Gasteiger partial charge on any atom is 0.251 e. The van der Waals surface area contributed by atoms with E-state index in [-0.39, 0.29) is 33.7 Å². The maximum atomic E-state index is 12.6. The number of rotatable bonds is 8. The van der Waals surface area contributed by atoms with Gasteiger partial charge in [0, 0.05) is 17.1 Å². The van der Waals surface area contributed by atoms with Crippen molar-refractivity contribution in [2.24, 2.45) is 0 Å². The number of aryl methyl sites for hydroxylation is 1. The summed E-state index contributed by atoms with van der Waals surface area (Å²) in [7, 11) is 0. The summed E-state index contributed by atoms with van der Waals surface area (Å²) < 4.78 is 1.86. The van der Waals surface area contributed by atoms with Crippen LogP contribution in [0.15, 0.2) is 41.6 Å². The summed E-state index contributed by atoms with van der Waals surface area (Å²) >= 11 is 19.4. The van der Waals surface area contributed by atoms with Crippen LogP contribution in [0.4, 0.5) is 5.69 Å². The summed E-state index contributed by atoms with van der Waals surface area (Å²) in [5.74, 6) is 0.170. The summed E-state index contributed by atoms with van der Waals surface area (Å²) in [6.07, 6.45) is 0. The van der Waals surface area contributed by atoms with E-state index in [1.54, 1.807) is 6.07 Å². The molecule has 1 heterocycles. The zero-order valence-corrected chi connectivity index (χ0v) is 21.2. The number of benzene rings is 2. The Bertz CT molecular complexity index is 1160. The molecule has 11 heteroatoms. The van der Waals surface area contributed by atoms with Crippen molar-refractivity contribution in [2.75, 3.05) is 11.1 Å². The molecule has 33 heavy (non-hydrogen) atoms. The lowest BCUT2D eigenvalue weighted by Crippen LogP contribution is -2.28. The number of nitrogens with zero attached hydrogens (tertiary/aromatic N) is 3. The van der Waals surface area contributed by atoms with E-state index in [0.29, 0.717) is 33.8 Å². The first-order valence-electron chi connectivity index (χ1n) is 10.1. The van der Waals surface area contributed by atoms with E-state index in [9.17, 15) is 9.59 Å². The third kappa shape index (κ3) is 6.41. The molecular formula is C22H22Cl3N5O2S. The number of amides is 2. The van der Waals surface area contributed by atoms with E-state index in [1.807, 2.05) is 43.5 Å². The normalized spacial score (nSPS) is 11.8. The van der Waals surface area contributed by atoms with Gasteiger partial charge in [-0.15, -0.1) is 10.2 Å². The van der Waals surface area contributed by atoms with Crippen LogP contribution in [0.3, 0.4) is 0 Å². The summed E-state index contributed by atoms with van der Waals surface area (Å²) in [6.45, 7) is 6.29. The first kappa shape index (κ1) is 25.4. The number of aromatic nitrogens is 3. The average molecular weight is 527 g/mol. The van der Waals surface area contributed by atoms with Crippen LogP contribution >= 0.6 is 46.6 Å². The molecule has 3 rings (SSSR count). The third-order valence-corrected chi connectivity index (χ3v) is 6.46. The highest BCUT2D eigenvalue weighted by Gasteiger charge is 2.20. The molecule has 0 unspecified atom stereocenters. The van der Waals surface area contributed by atoms with Gasteiger partial charge in [-0.1, -0.05) is 64.3 Å². The molecule has 0 aliphatic rings. The van der Waals surface area contributed by atoms with Crippen LogP contribution in [0, 0.1) is 6.92 Å². The molecule has 0 aliphatic heterocycles. The first-order valence-corrected chi connectivity index (χ1v) is 12.2. The molecule has 2 N–H and O–H groups in total. The van der Waals surface area contributed by atoms with Crippen LogP contribution < -0.4 is 10.6 Å². The van der Waals surface area contributed by atoms with Gasteiger partial charge in [0.1, 0.15) is 0 Å². The fourth-order valence-corrected chi connectivity index (χ4v) is 4.84. The van der Waals surface area contributed by atoms with Crippen LogP contribution in [0.5, 0.6) is 0 Å². The van der Waals surface area contributed by atoms with E-state index in [0.717, 1.165) is 5.56 Å². The van der Waals surface area contributed by atoms with Crippen molar-refractivity contribution < 1.29 is 9.59 Å². The van der Waals surface area contributed by atoms with Crippen molar-refractivity contribution in [3.63, 3.8) is 0 Å². The Morgan fingerprint density at radius 1 is 1.12 bits per heavy atom. The molecule has 0 fully saturated rings. The number of anilines is 1. The highest BCUT2D eigenvalue weighted by Crippen LogP contribution is 2.34. The van der Waals surface area contributed by atoms with Crippen molar-refractivity contribution in [1.29, 1.82) is 0 Å². The molecule has 0 saturated heterocycles. The van der Waals surface area contributed by atoms with Gasteiger partial charge in [-0.2, -0.15) is 0 Å². The zero-order valence-electron chi connectivity index (χ0n) is 18.2. The van der Waals surface area contributed by atoms with Crippen LogP contribution in [-0.4, -0.2) is 32.3 Å². The minimum Gasteiger partial charge on any atom is -0.342 e. The van der Waals surface area contributed by atoms with Gasteiger partial charge in [0.2, 0.25) is 5.91 Å². The number of carbonyl (C=O) groups excluding carboxylic acids is 2. The summed E-state index contributed by atoms with van der Waals surface area (Å²) in [5, 5.41) is 15.5. The second kappa shape index (κ2) is 11.2. The topological polar surface area (TPSA) is 88.9 Å². The van der Waals surface area contributed by atoms with Crippen LogP contribution in [0.25, 0.3) is 0 Å². The van der Waals surface area contributed by atoms with Gasteiger partial charge >= 0.3 is 0 Å². The Morgan fingerprint density at radius 2 is 1.82 bits per heavy atom. The molecule has 3 aromatic rings. The van der Waals surface area contributed by atoms with E-state index >= 15 is 0 Å². The Hall–Kier alpha value is -2.26. The van der Waals surface area contributed by atoms with E-state index in [2.05, 4.69) is 20.8 Å². The van der Waals surface area contributed by atoms with Crippen LogP contribution in [0.2, 0.25) is 15.1 Å². The molecule has 0 radical (unpaired) electrons. The molecule has 0 aliphatic carbocycles. The lowest BCUT2D eigenvalue weighted by Gasteiger charge is -2.15. The van der Waals surface area contributed by atoms with Crippen LogP contribution in [-0.2, 0) is 11.3 Å². The molecule has 2 amide bonds. The van der Waals surface area contributed by atoms with Gasteiger partial charge in [0.15, 0.2) is 11.0 Å². The maximum absolute atomic E-state index is 12.6. The largest absolute Gasteiger partial charge is 0.342 e. The van der Waals surface area contributed by atoms with Gasteiger partial charge in [-0.25, -0.2) is 0 Å². The van der Waals surface area contributed by atoms with Gasteiger partial charge in [0.05, 0.1) is 27.5 Å². The zero-order chi connectivity index (χ0) is 24.1. The molecule has 2 aromatic carbocycles. The highest BCUT2D eigenvalue weighted by molar-refractivity contribution is 7.99. The fourth-order valence-electron chi connectivity index (χ4n) is 3.12. The summed E-state index contributed by atoms with van der Waals surface area (Å²) in [6, 6.07) is 10.00. The molecule has 0 saturated carbocycles. The second-order valence-corrected chi connectivity index (χ2v) is 9.42. The number of hydrogen-bond donors (Lipinski definition) is 2. The molecular weight excluding hydrogens is 505 g/mol. The fraction of sp³-hybridized carbons (Fsp3) is 0.273. The summed E-state index contributed by atoms with van der Waals surface area (Å²) in [4.78, 5) is 25.0. The van der Waals surface area contributed by atoms with Crippen molar-refractivity contribution in [2.45, 2.75) is 38.5 Å². The molecule has 1 atom stereocenters. The van der Waals surface area contributed by atoms with E-state index in [4.69, 9.17) is 34.8 Å². The first-order chi connectivity index (χ1) is 15.7. The van der Waals surface area contributed by atoms with Crippen molar-refractivity contribution >= 4 is 64.1 Å². The molecule has 0 spiro atoms. The van der Waals surface area contributed by atoms with E-state index < -0.39 is 0 Å². The number of thioether (sulfide) groups is 1. The quantitative estimate of drug-likeness (QED) is 0.363. The molecule has 1 aromatic heterocycles. The Morgan fingerprint density at radius 3 is 2.45 bits per heavy atom. The van der Waals surface area contributed by atoms with Crippen molar-refractivity contribution in [3.8, 4) is 0 Å². The summed E-state index contributed by atoms with van der Waals surface area (Å²) in [5.41, 5.74) is 1.89. The smallest absolute Gasteiger partial charge is 0.251 e. The lowest BCUT2D eigenvalue weighted by atomic mass is 10.1. The number of hydrogen-bond acceptors (Lipinski definition) is 5. The van der Waals surface area contributed by atoms with Crippen LogP contribution in [0.1, 0.15) is 41.6 Å². The van der Waals surface area contributed by atoms with Crippen molar-refractivity contribution in [3.05, 3.63) is 68.4 Å². The number of halogens is 3. The Kier molecular flexibility index (Phi) is 8.64. The minimum atomic E-state index is -0.375. The predicted octanol–water partition coefficient (Wildman–Crippen LogP) is 5.79. The van der Waals surface area contributed by atoms with Gasteiger partial charge < -0.3 is 15.2 Å². The lowest BCUT2D eigenvalue weighted by molar-refractivity contribution is -0.113. The minimum absolute atomic E-state index is 0.0669. The predicted molar refractivity (Wildman–Crippen MR) is 134 cm³/mol. The number of carbonyl (C=O) groups is 2. The number of nitrogens with one attached hydrogen (secondary N) is 2. The Labute approximate surface area is 211 Å². The third-order valence-electron chi connectivity index (χ3n) is 4.68. The molecule has 7 nitrogen and oxygen atoms in total. The van der Waals surface area contributed by atoms with E-state index in [1.165, 1.54) is 23.9 Å².